The molecule has 1 aliphatic carbocycles. The van der Waals surface area contributed by atoms with Crippen LogP contribution in [0.5, 0.6) is 0 Å². The molecule has 16 heavy (non-hydrogen) atoms. The number of rotatable bonds is 4. The molecule has 1 aliphatic rings. The van der Waals surface area contributed by atoms with Crippen molar-refractivity contribution in [2.45, 2.75) is 59.0 Å². The second-order valence-corrected chi connectivity index (χ2v) is 5.10. The van der Waals surface area contributed by atoms with Crippen LogP contribution in [0, 0.1) is 11.8 Å². The molecular formula is C13H25NO2. The fraction of sp³-hybridized carbons (Fsp3) is 0.923. The normalized spacial score (nSPS) is 32.1. The molecule has 4 atom stereocenters. The van der Waals surface area contributed by atoms with E-state index in [2.05, 4.69) is 19.2 Å². The van der Waals surface area contributed by atoms with E-state index in [0.717, 1.165) is 11.8 Å². The second kappa shape index (κ2) is 6.24. The molecule has 0 aliphatic heterocycles. The number of hydrogen-bond donors (Lipinski definition) is 1. The van der Waals surface area contributed by atoms with Crippen molar-refractivity contribution in [2.75, 3.05) is 6.61 Å². The van der Waals surface area contributed by atoms with Gasteiger partial charge in [0.15, 0.2) is 0 Å². The Hall–Kier alpha value is -0.570. The zero-order chi connectivity index (χ0) is 12.1. The van der Waals surface area contributed by atoms with E-state index >= 15 is 0 Å². The second-order valence-electron chi connectivity index (χ2n) is 5.10. The van der Waals surface area contributed by atoms with Gasteiger partial charge < -0.3 is 10.1 Å². The van der Waals surface area contributed by atoms with E-state index < -0.39 is 0 Å². The topological polar surface area (TPSA) is 38.3 Å². The quantitative estimate of drug-likeness (QED) is 0.749. The van der Waals surface area contributed by atoms with Crippen molar-refractivity contribution in [3.05, 3.63) is 0 Å². The molecule has 94 valence electrons. The van der Waals surface area contributed by atoms with Crippen molar-refractivity contribution < 1.29 is 9.53 Å². The lowest BCUT2D eigenvalue weighted by atomic mass is 9.79. The van der Waals surface area contributed by atoms with Crippen LogP contribution in [0.25, 0.3) is 0 Å². The van der Waals surface area contributed by atoms with Crippen molar-refractivity contribution in [1.82, 2.24) is 5.32 Å². The van der Waals surface area contributed by atoms with Crippen molar-refractivity contribution >= 4 is 5.97 Å². The van der Waals surface area contributed by atoms with E-state index in [1.807, 2.05) is 13.8 Å². The number of esters is 1. The summed E-state index contributed by atoms with van der Waals surface area (Å²) in [5, 5.41) is 3.38. The van der Waals surface area contributed by atoms with Gasteiger partial charge in [0.25, 0.3) is 0 Å². The Bertz CT molecular complexity index is 230. The molecule has 3 heteroatoms. The van der Waals surface area contributed by atoms with Crippen LogP contribution in [-0.4, -0.2) is 24.7 Å². The first kappa shape index (κ1) is 13.5. The van der Waals surface area contributed by atoms with E-state index in [-0.39, 0.29) is 12.0 Å². The minimum absolute atomic E-state index is 0.131. The van der Waals surface area contributed by atoms with Gasteiger partial charge in [0.2, 0.25) is 0 Å². The summed E-state index contributed by atoms with van der Waals surface area (Å²) in [5.41, 5.74) is 0. The van der Waals surface area contributed by atoms with Gasteiger partial charge in [-0.2, -0.15) is 0 Å². The summed E-state index contributed by atoms with van der Waals surface area (Å²) in [7, 11) is 0. The highest BCUT2D eigenvalue weighted by molar-refractivity contribution is 5.75. The summed E-state index contributed by atoms with van der Waals surface area (Å²) in [5.74, 6) is 1.44. The van der Waals surface area contributed by atoms with E-state index in [0.29, 0.717) is 12.6 Å². The minimum Gasteiger partial charge on any atom is -0.465 e. The monoisotopic (exact) mass is 227 g/mol. The van der Waals surface area contributed by atoms with Crippen LogP contribution in [0.15, 0.2) is 0 Å². The lowest BCUT2D eigenvalue weighted by Crippen LogP contribution is -2.45. The van der Waals surface area contributed by atoms with Crippen LogP contribution in [0.3, 0.4) is 0 Å². The van der Waals surface area contributed by atoms with Crippen LogP contribution < -0.4 is 5.32 Å². The molecular weight excluding hydrogens is 202 g/mol. The number of carbonyl (C=O) groups excluding carboxylic acids is 1. The van der Waals surface area contributed by atoms with Crippen molar-refractivity contribution in [1.29, 1.82) is 0 Å². The Morgan fingerprint density at radius 2 is 2.06 bits per heavy atom. The molecule has 0 bridgehead atoms. The van der Waals surface area contributed by atoms with E-state index in [9.17, 15) is 4.79 Å². The molecule has 0 saturated heterocycles. The van der Waals surface area contributed by atoms with Crippen LogP contribution in [-0.2, 0) is 9.53 Å². The van der Waals surface area contributed by atoms with Gasteiger partial charge in [0.05, 0.1) is 6.61 Å². The summed E-state index contributed by atoms with van der Waals surface area (Å²) in [6.45, 7) is 8.81. The van der Waals surface area contributed by atoms with Crippen molar-refractivity contribution in [3.8, 4) is 0 Å². The number of ether oxygens (including phenoxy) is 1. The minimum atomic E-state index is -0.175. The van der Waals surface area contributed by atoms with Gasteiger partial charge in [-0.05, 0) is 44.9 Å². The highest BCUT2D eigenvalue weighted by Gasteiger charge is 2.26. The first-order valence-corrected chi connectivity index (χ1v) is 6.47. The summed E-state index contributed by atoms with van der Waals surface area (Å²) >= 11 is 0. The van der Waals surface area contributed by atoms with Gasteiger partial charge in [0.1, 0.15) is 6.04 Å². The fourth-order valence-corrected chi connectivity index (χ4v) is 2.39. The van der Waals surface area contributed by atoms with Crippen molar-refractivity contribution in [2.24, 2.45) is 11.8 Å². The standard InChI is InChI=1S/C13H25NO2/c1-5-16-13(15)11(4)14-12-7-6-9(2)10(3)8-12/h9-12,14H,5-8H2,1-4H3. The summed E-state index contributed by atoms with van der Waals surface area (Å²) < 4.78 is 4.99. The first-order valence-electron chi connectivity index (χ1n) is 6.47. The Balaban J connectivity index is 2.34. The fourth-order valence-electron chi connectivity index (χ4n) is 2.39. The van der Waals surface area contributed by atoms with Crippen LogP contribution in [0.2, 0.25) is 0 Å². The molecule has 0 radical (unpaired) electrons. The Kier molecular flexibility index (Phi) is 5.26. The molecule has 1 fully saturated rings. The van der Waals surface area contributed by atoms with Gasteiger partial charge in [-0.3, -0.25) is 4.79 Å². The lowest BCUT2D eigenvalue weighted by molar-refractivity contribution is -0.145. The Morgan fingerprint density at radius 3 is 2.62 bits per heavy atom. The summed E-state index contributed by atoms with van der Waals surface area (Å²) in [4.78, 5) is 11.5. The predicted molar refractivity (Wildman–Crippen MR) is 65.2 cm³/mol. The highest BCUT2D eigenvalue weighted by Crippen LogP contribution is 2.29. The largest absolute Gasteiger partial charge is 0.465 e. The predicted octanol–water partition coefficient (Wildman–Crippen LogP) is 2.35. The van der Waals surface area contributed by atoms with Crippen molar-refractivity contribution in [3.63, 3.8) is 0 Å². The lowest BCUT2D eigenvalue weighted by Gasteiger charge is -2.33. The third-order valence-electron chi connectivity index (χ3n) is 3.72. The number of carbonyl (C=O) groups is 1. The van der Waals surface area contributed by atoms with Crippen LogP contribution in [0.4, 0.5) is 0 Å². The van der Waals surface area contributed by atoms with Crippen LogP contribution >= 0.6 is 0 Å². The molecule has 3 nitrogen and oxygen atoms in total. The van der Waals surface area contributed by atoms with E-state index in [4.69, 9.17) is 4.74 Å². The molecule has 1 rings (SSSR count). The molecule has 0 aromatic rings. The van der Waals surface area contributed by atoms with E-state index in [1.54, 1.807) is 0 Å². The zero-order valence-electron chi connectivity index (χ0n) is 11.0. The number of hydrogen-bond acceptors (Lipinski definition) is 3. The molecule has 0 heterocycles. The molecule has 0 aromatic carbocycles. The van der Waals surface area contributed by atoms with E-state index in [1.165, 1.54) is 19.3 Å². The van der Waals surface area contributed by atoms with Gasteiger partial charge in [-0.25, -0.2) is 0 Å². The van der Waals surface area contributed by atoms with Gasteiger partial charge in [0, 0.05) is 6.04 Å². The molecule has 1 N–H and O–H groups in total. The molecule has 0 spiro atoms. The third kappa shape index (κ3) is 3.78. The average Bonchev–Trinajstić information content (AvgIpc) is 2.24. The Labute approximate surface area is 98.9 Å². The number of nitrogens with one attached hydrogen (secondary N) is 1. The molecule has 1 saturated carbocycles. The smallest absolute Gasteiger partial charge is 0.322 e. The van der Waals surface area contributed by atoms with Crippen LogP contribution in [0.1, 0.15) is 47.0 Å². The first-order chi connectivity index (χ1) is 7.54. The maximum absolute atomic E-state index is 11.5. The third-order valence-corrected chi connectivity index (χ3v) is 3.72. The summed E-state index contributed by atoms with van der Waals surface area (Å²) in [6, 6.07) is 0.302. The zero-order valence-corrected chi connectivity index (χ0v) is 11.0. The van der Waals surface area contributed by atoms with Gasteiger partial charge in [-0.1, -0.05) is 13.8 Å². The maximum atomic E-state index is 11.5. The summed E-state index contributed by atoms with van der Waals surface area (Å²) in [6.07, 6.45) is 3.61. The van der Waals surface area contributed by atoms with Gasteiger partial charge in [-0.15, -0.1) is 0 Å². The molecule has 0 amide bonds. The average molecular weight is 227 g/mol. The SMILES string of the molecule is CCOC(=O)C(C)NC1CCC(C)C(C)C1. The maximum Gasteiger partial charge on any atom is 0.322 e. The van der Waals surface area contributed by atoms with Gasteiger partial charge >= 0.3 is 5.97 Å². The molecule has 0 aromatic heterocycles. The Morgan fingerprint density at radius 1 is 1.38 bits per heavy atom. The highest BCUT2D eigenvalue weighted by atomic mass is 16.5. The molecule has 4 unspecified atom stereocenters.